The molecule has 1 heterocycles. The van der Waals surface area contributed by atoms with Crippen molar-refractivity contribution >= 4 is 23.1 Å². The molecule has 1 aliphatic carbocycles. The largest absolute Gasteiger partial charge is 0.395 e. The van der Waals surface area contributed by atoms with Crippen molar-refractivity contribution in [2.24, 2.45) is 0 Å². The highest BCUT2D eigenvalue weighted by molar-refractivity contribution is 7.10. The topological polar surface area (TPSA) is 49.2 Å². The number of hydrogen-bond donors (Lipinski definition) is 1. The maximum atomic E-state index is 9.00. The summed E-state index contributed by atoms with van der Waals surface area (Å²) in [5.41, 5.74) is 0.835. The predicted molar refractivity (Wildman–Crippen MR) is 60.1 cm³/mol. The van der Waals surface area contributed by atoms with E-state index in [0.717, 1.165) is 5.69 Å². The first-order chi connectivity index (χ1) is 7.31. The fourth-order valence-corrected chi connectivity index (χ4v) is 2.37. The van der Waals surface area contributed by atoms with E-state index in [2.05, 4.69) is 14.5 Å². The lowest BCUT2D eigenvalue weighted by molar-refractivity contribution is 0.0934. The van der Waals surface area contributed by atoms with Crippen molar-refractivity contribution in [3.63, 3.8) is 0 Å². The van der Waals surface area contributed by atoms with Gasteiger partial charge in [-0.2, -0.15) is 0 Å². The van der Waals surface area contributed by atoms with Gasteiger partial charge >= 0.3 is 0 Å². The summed E-state index contributed by atoms with van der Waals surface area (Å²) in [7, 11) is 0. The fourth-order valence-electron chi connectivity index (χ4n) is 1.75. The first kappa shape index (κ1) is 11.3. The van der Waals surface area contributed by atoms with Gasteiger partial charge < -0.3 is 5.11 Å². The Balaban J connectivity index is 1.96. The predicted octanol–water partition coefficient (Wildman–Crippen LogP) is 1.54. The molecule has 0 bridgehead atoms. The number of aliphatic hydroxyl groups excluding tert-OH is 1. The average molecular weight is 248 g/mol. The molecule has 1 aromatic heterocycles. The summed E-state index contributed by atoms with van der Waals surface area (Å²) in [5, 5.41) is 13.0. The molecule has 0 aromatic carbocycles. The van der Waals surface area contributed by atoms with Gasteiger partial charge in [-0.1, -0.05) is 22.5 Å². The number of halogens is 1. The molecule has 1 aromatic rings. The molecule has 0 atom stereocenters. The minimum Gasteiger partial charge on any atom is -0.395 e. The zero-order valence-electron chi connectivity index (χ0n) is 8.40. The maximum absolute atomic E-state index is 9.00. The van der Waals surface area contributed by atoms with Crippen molar-refractivity contribution in [3.05, 3.63) is 10.0 Å². The van der Waals surface area contributed by atoms with E-state index in [-0.39, 0.29) is 6.61 Å². The van der Waals surface area contributed by atoms with E-state index in [4.69, 9.17) is 16.7 Å². The van der Waals surface area contributed by atoms with Gasteiger partial charge in [-0.25, -0.2) is 0 Å². The first-order valence-corrected chi connectivity index (χ1v) is 6.28. The van der Waals surface area contributed by atoms with Crippen molar-refractivity contribution in [1.82, 2.24) is 14.5 Å². The Labute approximate surface area is 98.0 Å². The van der Waals surface area contributed by atoms with Crippen LogP contribution in [0.15, 0.2) is 0 Å². The summed E-state index contributed by atoms with van der Waals surface area (Å²) in [4.78, 5) is 2.24. The Morgan fingerprint density at radius 3 is 2.80 bits per heavy atom. The summed E-state index contributed by atoms with van der Waals surface area (Å²) in [6, 6.07) is 0.593. The van der Waals surface area contributed by atoms with Gasteiger partial charge in [-0.15, -0.1) is 5.10 Å². The Hall–Kier alpha value is -0.230. The van der Waals surface area contributed by atoms with Crippen LogP contribution in [0.25, 0.3) is 0 Å². The molecule has 4 nitrogen and oxygen atoms in total. The standard InChI is InChI=1S/C9H14ClN3OS/c10-9-8(11-12-15-9)6-13(4-5-14)7-2-1-3-7/h7,14H,1-6H2. The van der Waals surface area contributed by atoms with Crippen LogP contribution in [0.1, 0.15) is 25.0 Å². The van der Waals surface area contributed by atoms with Crippen molar-refractivity contribution in [3.8, 4) is 0 Å². The molecule has 1 N–H and O–H groups in total. The molecule has 0 radical (unpaired) electrons. The van der Waals surface area contributed by atoms with Gasteiger partial charge in [0, 0.05) is 30.7 Å². The van der Waals surface area contributed by atoms with Gasteiger partial charge in [0.25, 0.3) is 0 Å². The highest BCUT2D eigenvalue weighted by Gasteiger charge is 2.25. The molecular formula is C9H14ClN3OS. The number of nitrogens with zero attached hydrogens (tertiary/aromatic N) is 3. The molecule has 2 rings (SSSR count). The second kappa shape index (κ2) is 5.21. The van der Waals surface area contributed by atoms with E-state index in [0.29, 0.717) is 23.5 Å². The number of hydrogen-bond acceptors (Lipinski definition) is 5. The second-order valence-corrected chi connectivity index (χ2v) is 5.13. The molecular weight excluding hydrogens is 234 g/mol. The lowest BCUT2D eigenvalue weighted by atomic mass is 9.91. The van der Waals surface area contributed by atoms with Crippen LogP contribution < -0.4 is 0 Å². The minimum atomic E-state index is 0.186. The second-order valence-electron chi connectivity index (χ2n) is 3.77. The quantitative estimate of drug-likeness (QED) is 0.858. The maximum Gasteiger partial charge on any atom is 0.138 e. The smallest absolute Gasteiger partial charge is 0.138 e. The highest BCUT2D eigenvalue weighted by Crippen LogP contribution is 2.27. The molecule has 1 aliphatic rings. The Morgan fingerprint density at radius 2 is 2.33 bits per heavy atom. The molecule has 0 spiro atoms. The Kier molecular flexibility index (Phi) is 3.91. The van der Waals surface area contributed by atoms with Gasteiger partial charge in [-0.05, 0) is 12.8 Å². The van der Waals surface area contributed by atoms with Crippen molar-refractivity contribution < 1.29 is 5.11 Å². The van der Waals surface area contributed by atoms with Gasteiger partial charge in [0.15, 0.2) is 0 Å². The fraction of sp³-hybridized carbons (Fsp3) is 0.778. The molecule has 15 heavy (non-hydrogen) atoms. The normalized spacial score (nSPS) is 17.0. The van der Waals surface area contributed by atoms with Gasteiger partial charge in [0.2, 0.25) is 0 Å². The SMILES string of the molecule is OCCN(Cc1nnsc1Cl)C1CCC1. The number of aliphatic hydroxyl groups is 1. The summed E-state index contributed by atoms with van der Waals surface area (Å²) in [6.07, 6.45) is 3.72. The molecule has 6 heteroatoms. The molecule has 84 valence electrons. The van der Waals surface area contributed by atoms with Gasteiger partial charge in [0.1, 0.15) is 10.0 Å². The lowest BCUT2D eigenvalue weighted by Gasteiger charge is -2.36. The zero-order valence-corrected chi connectivity index (χ0v) is 9.97. The molecule has 0 amide bonds. The van der Waals surface area contributed by atoms with Crippen LogP contribution in [0.3, 0.4) is 0 Å². The van der Waals surface area contributed by atoms with Gasteiger partial charge in [-0.3, -0.25) is 4.90 Å². The van der Waals surface area contributed by atoms with Crippen LogP contribution in [0.5, 0.6) is 0 Å². The van der Waals surface area contributed by atoms with E-state index in [1.165, 1.54) is 30.8 Å². The van der Waals surface area contributed by atoms with Crippen LogP contribution in [0.4, 0.5) is 0 Å². The summed E-state index contributed by atoms with van der Waals surface area (Å²) >= 11 is 7.17. The van der Waals surface area contributed by atoms with Crippen LogP contribution in [0.2, 0.25) is 4.34 Å². The van der Waals surface area contributed by atoms with Crippen LogP contribution in [0, 0.1) is 0 Å². The molecule has 0 saturated heterocycles. The minimum absolute atomic E-state index is 0.186. The van der Waals surface area contributed by atoms with E-state index in [1.54, 1.807) is 0 Å². The molecule has 0 unspecified atom stereocenters. The van der Waals surface area contributed by atoms with Crippen molar-refractivity contribution in [1.29, 1.82) is 0 Å². The molecule has 1 fully saturated rings. The van der Waals surface area contributed by atoms with E-state index in [9.17, 15) is 0 Å². The molecule has 1 saturated carbocycles. The van der Waals surface area contributed by atoms with Crippen LogP contribution >= 0.6 is 23.1 Å². The van der Waals surface area contributed by atoms with Crippen molar-refractivity contribution in [2.45, 2.75) is 31.8 Å². The highest BCUT2D eigenvalue weighted by atomic mass is 35.5. The Bertz CT molecular complexity index is 316. The number of rotatable bonds is 5. The van der Waals surface area contributed by atoms with Crippen LogP contribution in [-0.4, -0.2) is 38.8 Å². The van der Waals surface area contributed by atoms with E-state index < -0.39 is 0 Å². The monoisotopic (exact) mass is 247 g/mol. The Morgan fingerprint density at radius 1 is 1.53 bits per heavy atom. The summed E-state index contributed by atoms with van der Waals surface area (Å²) < 4.78 is 4.47. The first-order valence-electron chi connectivity index (χ1n) is 5.13. The van der Waals surface area contributed by atoms with E-state index >= 15 is 0 Å². The summed E-state index contributed by atoms with van der Waals surface area (Å²) in [5.74, 6) is 0. The van der Waals surface area contributed by atoms with Crippen LogP contribution in [-0.2, 0) is 6.54 Å². The average Bonchev–Trinajstić information content (AvgIpc) is 2.49. The molecule has 0 aliphatic heterocycles. The number of aromatic nitrogens is 2. The third-order valence-corrected chi connectivity index (χ3v) is 3.82. The summed E-state index contributed by atoms with van der Waals surface area (Å²) in [6.45, 7) is 1.59. The van der Waals surface area contributed by atoms with Crippen molar-refractivity contribution in [2.75, 3.05) is 13.2 Å². The third kappa shape index (κ3) is 2.66. The van der Waals surface area contributed by atoms with Gasteiger partial charge in [0.05, 0.1) is 6.61 Å². The van der Waals surface area contributed by atoms with E-state index in [1.807, 2.05) is 0 Å². The third-order valence-electron chi connectivity index (χ3n) is 2.84. The lowest BCUT2D eigenvalue weighted by Crippen LogP contribution is -2.41. The zero-order chi connectivity index (χ0) is 10.7.